The van der Waals surface area contributed by atoms with Crippen molar-refractivity contribution >= 4 is 0 Å². The smallest absolute Gasteiger partial charge is 0.119 e. The summed E-state index contributed by atoms with van der Waals surface area (Å²) in [5, 5.41) is 0. The molecule has 0 bridgehead atoms. The number of aryl methyl sites for hydroxylation is 1. The second kappa shape index (κ2) is 9.61. The predicted molar refractivity (Wildman–Crippen MR) is 117 cm³/mol. The number of benzene rings is 2. The molecule has 0 aliphatic carbocycles. The van der Waals surface area contributed by atoms with Gasteiger partial charge in [-0.15, -0.1) is 0 Å². The van der Waals surface area contributed by atoms with Crippen molar-refractivity contribution < 1.29 is 4.74 Å². The van der Waals surface area contributed by atoms with Crippen LogP contribution in [-0.4, -0.2) is 23.1 Å². The van der Waals surface area contributed by atoms with Gasteiger partial charge in [-0.1, -0.05) is 50.2 Å². The van der Waals surface area contributed by atoms with Crippen LogP contribution in [0, 0.1) is 12.8 Å². The number of hydrogen-bond donors (Lipinski definition) is 0. The van der Waals surface area contributed by atoms with E-state index < -0.39 is 0 Å². The van der Waals surface area contributed by atoms with Crippen LogP contribution in [0.2, 0.25) is 0 Å². The van der Waals surface area contributed by atoms with Crippen molar-refractivity contribution in [3.63, 3.8) is 0 Å². The quantitative estimate of drug-likeness (QED) is 0.490. The van der Waals surface area contributed by atoms with Gasteiger partial charge in [0.25, 0.3) is 0 Å². The van der Waals surface area contributed by atoms with Gasteiger partial charge in [-0.05, 0) is 53.8 Å². The Kier molecular flexibility index (Phi) is 6.94. The summed E-state index contributed by atoms with van der Waals surface area (Å²) in [6.07, 6.45) is 2.18. The molecule has 0 fully saturated rings. The number of ether oxygens (including phenoxy) is 1. The largest absolute Gasteiger partial charge is 0.497 e. The van der Waals surface area contributed by atoms with Crippen molar-refractivity contribution in [3.8, 4) is 5.75 Å². The fourth-order valence-electron chi connectivity index (χ4n) is 3.67. The van der Waals surface area contributed by atoms with Gasteiger partial charge in [-0.25, -0.2) is 0 Å². The fraction of sp³-hybridized carbons (Fsp3) is 0.360. The molecular weight excluding hydrogens is 344 g/mol. The Morgan fingerprint density at radius 3 is 2.54 bits per heavy atom. The SMILES string of the molecule is COc1cccc(Cn2cccc2CN(Cc2ccccc2C)CC(C)C)c1. The minimum atomic E-state index is 0.630. The summed E-state index contributed by atoms with van der Waals surface area (Å²) in [6.45, 7) is 10.7. The maximum atomic E-state index is 5.37. The van der Waals surface area contributed by atoms with Crippen molar-refractivity contribution in [3.05, 3.63) is 89.2 Å². The molecule has 0 atom stereocenters. The molecule has 0 radical (unpaired) electrons. The molecule has 3 rings (SSSR count). The Bertz CT molecular complexity index is 882. The van der Waals surface area contributed by atoms with Gasteiger partial charge < -0.3 is 9.30 Å². The predicted octanol–water partition coefficient (Wildman–Crippen LogP) is 5.51. The molecule has 0 unspecified atom stereocenters. The standard InChI is InChI=1S/C25H32N2O/c1-20(2)16-26(18-23-11-6-5-9-21(23)3)19-24-12-8-14-27(24)17-22-10-7-13-25(15-22)28-4/h5-15,20H,16-19H2,1-4H3. The van der Waals surface area contributed by atoms with Gasteiger partial charge in [-0.3, -0.25) is 4.90 Å². The monoisotopic (exact) mass is 376 g/mol. The minimum Gasteiger partial charge on any atom is -0.497 e. The fourth-order valence-corrected chi connectivity index (χ4v) is 3.67. The van der Waals surface area contributed by atoms with Gasteiger partial charge in [0.2, 0.25) is 0 Å². The van der Waals surface area contributed by atoms with E-state index >= 15 is 0 Å². The minimum absolute atomic E-state index is 0.630. The molecule has 0 aliphatic rings. The van der Waals surface area contributed by atoms with Crippen LogP contribution >= 0.6 is 0 Å². The summed E-state index contributed by atoms with van der Waals surface area (Å²) >= 11 is 0. The van der Waals surface area contributed by atoms with Crippen LogP contribution in [0.1, 0.15) is 36.2 Å². The highest BCUT2D eigenvalue weighted by atomic mass is 16.5. The van der Waals surface area contributed by atoms with E-state index in [9.17, 15) is 0 Å². The highest BCUT2D eigenvalue weighted by molar-refractivity contribution is 5.29. The number of hydrogen-bond acceptors (Lipinski definition) is 2. The summed E-state index contributed by atoms with van der Waals surface area (Å²) in [7, 11) is 1.72. The molecule has 1 aromatic heterocycles. The molecule has 0 aliphatic heterocycles. The van der Waals surface area contributed by atoms with Gasteiger partial charge in [-0.2, -0.15) is 0 Å². The molecule has 2 aromatic carbocycles. The Hall–Kier alpha value is -2.52. The van der Waals surface area contributed by atoms with Crippen LogP contribution in [0.3, 0.4) is 0 Å². The molecule has 3 nitrogen and oxygen atoms in total. The molecule has 0 amide bonds. The third-order valence-electron chi connectivity index (χ3n) is 5.07. The molecule has 0 spiro atoms. The van der Waals surface area contributed by atoms with Crippen LogP contribution < -0.4 is 4.74 Å². The lowest BCUT2D eigenvalue weighted by Crippen LogP contribution is -2.28. The zero-order valence-electron chi connectivity index (χ0n) is 17.6. The zero-order chi connectivity index (χ0) is 19.9. The molecule has 3 heteroatoms. The molecular formula is C25H32N2O. The van der Waals surface area contributed by atoms with Gasteiger partial charge in [0.15, 0.2) is 0 Å². The van der Waals surface area contributed by atoms with E-state index in [0.717, 1.165) is 31.9 Å². The summed E-state index contributed by atoms with van der Waals surface area (Å²) in [5.74, 6) is 1.54. The summed E-state index contributed by atoms with van der Waals surface area (Å²) in [4.78, 5) is 2.56. The molecule has 148 valence electrons. The summed E-state index contributed by atoms with van der Waals surface area (Å²) < 4.78 is 7.72. The second-order valence-corrected chi connectivity index (χ2v) is 7.97. The van der Waals surface area contributed by atoms with E-state index in [1.54, 1.807) is 7.11 Å². The average Bonchev–Trinajstić information content (AvgIpc) is 3.10. The van der Waals surface area contributed by atoms with Crippen molar-refractivity contribution in [1.29, 1.82) is 0 Å². The molecule has 0 N–H and O–H groups in total. The van der Waals surface area contributed by atoms with Crippen LogP contribution in [0.25, 0.3) is 0 Å². The third-order valence-corrected chi connectivity index (χ3v) is 5.07. The van der Waals surface area contributed by atoms with Gasteiger partial charge in [0.1, 0.15) is 5.75 Å². The van der Waals surface area contributed by atoms with E-state index in [1.807, 2.05) is 6.07 Å². The van der Waals surface area contributed by atoms with E-state index in [2.05, 4.69) is 91.0 Å². The molecule has 28 heavy (non-hydrogen) atoms. The third kappa shape index (κ3) is 5.49. The highest BCUT2D eigenvalue weighted by Crippen LogP contribution is 2.18. The van der Waals surface area contributed by atoms with Crippen LogP contribution in [-0.2, 0) is 19.6 Å². The van der Waals surface area contributed by atoms with Crippen molar-refractivity contribution in [2.75, 3.05) is 13.7 Å². The van der Waals surface area contributed by atoms with E-state index in [4.69, 9.17) is 4.74 Å². The summed E-state index contributed by atoms with van der Waals surface area (Å²) in [6, 6.07) is 21.4. The molecule has 1 heterocycles. The lowest BCUT2D eigenvalue weighted by Gasteiger charge is -2.26. The van der Waals surface area contributed by atoms with Gasteiger partial charge in [0, 0.05) is 38.1 Å². The highest BCUT2D eigenvalue weighted by Gasteiger charge is 2.13. The Morgan fingerprint density at radius 1 is 0.964 bits per heavy atom. The zero-order valence-corrected chi connectivity index (χ0v) is 17.6. The van der Waals surface area contributed by atoms with Gasteiger partial charge in [0.05, 0.1) is 7.11 Å². The first kappa shape index (κ1) is 20.2. The first-order chi connectivity index (χ1) is 13.5. The molecule has 3 aromatic rings. The van der Waals surface area contributed by atoms with E-state index in [1.165, 1.54) is 22.4 Å². The van der Waals surface area contributed by atoms with Crippen molar-refractivity contribution in [2.45, 2.75) is 40.4 Å². The number of nitrogens with zero attached hydrogens (tertiary/aromatic N) is 2. The number of methoxy groups -OCH3 is 1. The maximum Gasteiger partial charge on any atom is 0.119 e. The van der Waals surface area contributed by atoms with Crippen LogP contribution in [0.15, 0.2) is 66.9 Å². The molecule has 0 saturated carbocycles. The Balaban J connectivity index is 1.76. The maximum absolute atomic E-state index is 5.37. The van der Waals surface area contributed by atoms with E-state index in [0.29, 0.717) is 5.92 Å². The van der Waals surface area contributed by atoms with Gasteiger partial charge >= 0.3 is 0 Å². The normalized spacial score (nSPS) is 11.4. The topological polar surface area (TPSA) is 17.4 Å². The number of rotatable bonds is 9. The first-order valence-corrected chi connectivity index (χ1v) is 10.1. The summed E-state index contributed by atoms with van der Waals surface area (Å²) in [5.41, 5.74) is 5.38. The lowest BCUT2D eigenvalue weighted by atomic mass is 10.1. The van der Waals surface area contributed by atoms with Crippen molar-refractivity contribution in [1.82, 2.24) is 9.47 Å². The number of aromatic nitrogens is 1. The average molecular weight is 377 g/mol. The molecule has 0 saturated heterocycles. The Morgan fingerprint density at radius 2 is 1.79 bits per heavy atom. The first-order valence-electron chi connectivity index (χ1n) is 10.1. The van der Waals surface area contributed by atoms with E-state index in [-0.39, 0.29) is 0 Å². The van der Waals surface area contributed by atoms with Crippen LogP contribution in [0.5, 0.6) is 5.75 Å². The van der Waals surface area contributed by atoms with Crippen LogP contribution in [0.4, 0.5) is 0 Å². The van der Waals surface area contributed by atoms with Crippen molar-refractivity contribution in [2.24, 2.45) is 5.92 Å². The Labute approximate surface area is 169 Å². The lowest BCUT2D eigenvalue weighted by molar-refractivity contribution is 0.222. The second-order valence-electron chi connectivity index (χ2n) is 7.97.